The van der Waals surface area contributed by atoms with E-state index in [4.69, 9.17) is 5.73 Å². The van der Waals surface area contributed by atoms with Crippen LogP contribution in [0, 0.1) is 0 Å². The van der Waals surface area contributed by atoms with Gasteiger partial charge in [0, 0.05) is 37.7 Å². The van der Waals surface area contributed by atoms with Crippen LogP contribution in [-0.2, 0) is 11.3 Å². The lowest BCUT2D eigenvalue weighted by Gasteiger charge is -2.14. The van der Waals surface area contributed by atoms with Gasteiger partial charge in [0.15, 0.2) is 0 Å². The Balaban J connectivity index is 1.69. The molecule has 138 valence electrons. The second kappa shape index (κ2) is 10.2. The molecule has 0 aromatic heterocycles. The SMILES string of the molecule is CC(N)CCC(=O)NCc1ccc(C(=O)NCCN2CCCC2)cc1. The molecule has 0 bridgehead atoms. The molecule has 1 saturated heterocycles. The summed E-state index contributed by atoms with van der Waals surface area (Å²) < 4.78 is 0. The zero-order chi connectivity index (χ0) is 18.1. The Hall–Kier alpha value is -1.92. The number of hydrogen-bond donors (Lipinski definition) is 3. The molecule has 6 heteroatoms. The van der Waals surface area contributed by atoms with Crippen LogP contribution in [0.5, 0.6) is 0 Å². The molecule has 1 aliphatic heterocycles. The van der Waals surface area contributed by atoms with Gasteiger partial charge in [0.1, 0.15) is 0 Å². The van der Waals surface area contributed by atoms with E-state index >= 15 is 0 Å². The quantitative estimate of drug-likeness (QED) is 0.628. The number of rotatable bonds is 9. The van der Waals surface area contributed by atoms with E-state index in [1.807, 2.05) is 19.1 Å². The van der Waals surface area contributed by atoms with Crippen molar-refractivity contribution in [3.05, 3.63) is 35.4 Å². The Morgan fingerprint density at radius 2 is 1.84 bits per heavy atom. The molecule has 2 amide bonds. The van der Waals surface area contributed by atoms with Crippen LogP contribution in [0.15, 0.2) is 24.3 Å². The third-order valence-corrected chi connectivity index (χ3v) is 4.44. The van der Waals surface area contributed by atoms with Crippen LogP contribution in [0.25, 0.3) is 0 Å². The Kier molecular flexibility index (Phi) is 7.88. The first-order chi connectivity index (χ1) is 12.0. The molecule has 1 aliphatic rings. The maximum absolute atomic E-state index is 12.1. The van der Waals surface area contributed by atoms with E-state index in [0.29, 0.717) is 31.5 Å². The summed E-state index contributed by atoms with van der Waals surface area (Å²) in [7, 11) is 0. The average molecular weight is 346 g/mol. The summed E-state index contributed by atoms with van der Waals surface area (Å²) in [5, 5.41) is 5.83. The second-order valence-electron chi connectivity index (χ2n) is 6.79. The van der Waals surface area contributed by atoms with Crippen molar-refractivity contribution < 1.29 is 9.59 Å². The van der Waals surface area contributed by atoms with E-state index in [9.17, 15) is 9.59 Å². The molecule has 1 unspecified atom stereocenters. The predicted molar refractivity (Wildman–Crippen MR) is 99.2 cm³/mol. The molecule has 2 rings (SSSR count). The lowest BCUT2D eigenvalue weighted by Crippen LogP contribution is -2.33. The highest BCUT2D eigenvalue weighted by Gasteiger charge is 2.11. The van der Waals surface area contributed by atoms with Crippen LogP contribution >= 0.6 is 0 Å². The Labute approximate surface area is 150 Å². The van der Waals surface area contributed by atoms with Crippen molar-refractivity contribution in [1.29, 1.82) is 0 Å². The molecule has 1 heterocycles. The van der Waals surface area contributed by atoms with Gasteiger partial charge in [0.05, 0.1) is 0 Å². The number of nitrogens with zero attached hydrogens (tertiary/aromatic N) is 1. The van der Waals surface area contributed by atoms with Crippen molar-refractivity contribution in [1.82, 2.24) is 15.5 Å². The van der Waals surface area contributed by atoms with Gasteiger partial charge in [-0.25, -0.2) is 0 Å². The monoisotopic (exact) mass is 346 g/mol. The van der Waals surface area contributed by atoms with Crippen molar-refractivity contribution in [3.8, 4) is 0 Å². The predicted octanol–water partition coefficient (Wildman–Crippen LogP) is 1.26. The summed E-state index contributed by atoms with van der Waals surface area (Å²) >= 11 is 0. The Bertz CT molecular complexity index is 551. The van der Waals surface area contributed by atoms with Gasteiger partial charge in [-0.05, 0) is 57.0 Å². The summed E-state index contributed by atoms with van der Waals surface area (Å²) in [5.41, 5.74) is 7.26. The lowest BCUT2D eigenvalue weighted by atomic mass is 10.1. The van der Waals surface area contributed by atoms with Gasteiger partial charge in [-0.1, -0.05) is 12.1 Å². The first kappa shape index (κ1) is 19.4. The highest BCUT2D eigenvalue weighted by Crippen LogP contribution is 2.07. The van der Waals surface area contributed by atoms with Crippen LogP contribution in [0.1, 0.15) is 48.5 Å². The molecular formula is C19H30N4O2. The van der Waals surface area contributed by atoms with Crippen LogP contribution in [0.2, 0.25) is 0 Å². The summed E-state index contributed by atoms with van der Waals surface area (Å²) in [5.74, 6) is -0.0484. The molecule has 1 fully saturated rings. The van der Waals surface area contributed by atoms with Crippen LogP contribution < -0.4 is 16.4 Å². The van der Waals surface area contributed by atoms with E-state index in [-0.39, 0.29) is 17.9 Å². The van der Waals surface area contributed by atoms with Crippen LogP contribution in [0.3, 0.4) is 0 Å². The summed E-state index contributed by atoms with van der Waals surface area (Å²) in [6.07, 6.45) is 3.64. The zero-order valence-electron chi connectivity index (χ0n) is 15.1. The number of nitrogens with two attached hydrogens (primary N) is 1. The smallest absolute Gasteiger partial charge is 0.251 e. The van der Waals surface area contributed by atoms with E-state index in [1.165, 1.54) is 12.8 Å². The van der Waals surface area contributed by atoms with Crippen LogP contribution in [0.4, 0.5) is 0 Å². The largest absolute Gasteiger partial charge is 0.352 e. The summed E-state index contributed by atoms with van der Waals surface area (Å²) in [4.78, 5) is 26.2. The maximum atomic E-state index is 12.1. The van der Waals surface area contributed by atoms with E-state index in [0.717, 1.165) is 25.2 Å². The molecule has 0 spiro atoms. The number of benzene rings is 1. The van der Waals surface area contributed by atoms with Gasteiger partial charge in [0.25, 0.3) is 5.91 Å². The van der Waals surface area contributed by atoms with Gasteiger partial charge in [-0.3, -0.25) is 9.59 Å². The van der Waals surface area contributed by atoms with Crippen molar-refractivity contribution in [2.75, 3.05) is 26.2 Å². The molecule has 1 aromatic rings. The molecule has 6 nitrogen and oxygen atoms in total. The number of carbonyl (C=O) groups excluding carboxylic acids is 2. The highest BCUT2D eigenvalue weighted by atomic mass is 16.2. The van der Waals surface area contributed by atoms with Gasteiger partial charge >= 0.3 is 0 Å². The number of hydrogen-bond acceptors (Lipinski definition) is 4. The second-order valence-corrected chi connectivity index (χ2v) is 6.79. The fourth-order valence-corrected chi connectivity index (χ4v) is 2.86. The topological polar surface area (TPSA) is 87.5 Å². The first-order valence-electron chi connectivity index (χ1n) is 9.16. The van der Waals surface area contributed by atoms with Crippen LogP contribution in [-0.4, -0.2) is 48.9 Å². The number of carbonyl (C=O) groups is 2. The normalized spacial score (nSPS) is 15.8. The third-order valence-electron chi connectivity index (χ3n) is 4.44. The summed E-state index contributed by atoms with van der Waals surface area (Å²) in [6.45, 7) is 6.23. The Morgan fingerprint density at radius 1 is 1.16 bits per heavy atom. The minimum atomic E-state index is -0.0493. The fraction of sp³-hybridized carbons (Fsp3) is 0.579. The van der Waals surface area contributed by atoms with Crippen molar-refractivity contribution in [2.45, 2.75) is 45.2 Å². The van der Waals surface area contributed by atoms with E-state index < -0.39 is 0 Å². The summed E-state index contributed by atoms with van der Waals surface area (Å²) in [6, 6.07) is 7.39. The lowest BCUT2D eigenvalue weighted by molar-refractivity contribution is -0.121. The number of nitrogens with one attached hydrogen (secondary N) is 2. The molecule has 0 aliphatic carbocycles. The molecule has 1 atom stereocenters. The number of likely N-dealkylation sites (tertiary alicyclic amines) is 1. The third kappa shape index (κ3) is 7.23. The molecule has 0 saturated carbocycles. The van der Waals surface area contributed by atoms with E-state index in [2.05, 4.69) is 15.5 Å². The van der Waals surface area contributed by atoms with Gasteiger partial charge in [-0.2, -0.15) is 0 Å². The van der Waals surface area contributed by atoms with Crippen molar-refractivity contribution >= 4 is 11.8 Å². The van der Waals surface area contributed by atoms with Gasteiger partial charge in [0.2, 0.25) is 5.91 Å². The minimum Gasteiger partial charge on any atom is -0.352 e. The highest BCUT2D eigenvalue weighted by molar-refractivity contribution is 5.94. The Morgan fingerprint density at radius 3 is 2.48 bits per heavy atom. The average Bonchev–Trinajstić information content (AvgIpc) is 3.12. The molecule has 1 aromatic carbocycles. The van der Waals surface area contributed by atoms with Crippen molar-refractivity contribution in [3.63, 3.8) is 0 Å². The zero-order valence-corrected chi connectivity index (χ0v) is 15.1. The van der Waals surface area contributed by atoms with Gasteiger partial charge < -0.3 is 21.3 Å². The molecule has 4 N–H and O–H groups in total. The van der Waals surface area contributed by atoms with Crippen molar-refractivity contribution in [2.24, 2.45) is 5.73 Å². The molecule has 0 radical (unpaired) electrons. The first-order valence-corrected chi connectivity index (χ1v) is 9.16. The molecule has 25 heavy (non-hydrogen) atoms. The molecular weight excluding hydrogens is 316 g/mol. The fourth-order valence-electron chi connectivity index (χ4n) is 2.86. The van der Waals surface area contributed by atoms with E-state index in [1.54, 1.807) is 12.1 Å². The standard InChI is InChI=1S/C19H30N4O2/c1-15(20)4-9-18(24)22-14-16-5-7-17(8-6-16)19(25)21-10-13-23-11-2-3-12-23/h5-8,15H,2-4,9-14,20H2,1H3,(H,21,25)(H,22,24). The number of amides is 2. The van der Waals surface area contributed by atoms with Gasteiger partial charge in [-0.15, -0.1) is 0 Å². The minimum absolute atomic E-state index is 0.000956. The maximum Gasteiger partial charge on any atom is 0.251 e.